The Morgan fingerprint density at radius 2 is 1.94 bits per heavy atom. The summed E-state index contributed by atoms with van der Waals surface area (Å²) >= 11 is 0. The number of benzene rings is 1. The van der Waals surface area contributed by atoms with Gasteiger partial charge >= 0.3 is 0 Å². The van der Waals surface area contributed by atoms with E-state index in [1.54, 1.807) is 0 Å². The SMILES string of the molecule is CC1CC1C(O)c1ccccc1C1CCC1. The molecule has 0 aromatic heterocycles. The second-order valence-electron chi connectivity index (χ2n) is 5.58. The number of aliphatic hydroxyl groups is 1. The van der Waals surface area contributed by atoms with E-state index in [2.05, 4.69) is 31.2 Å². The molecule has 2 fully saturated rings. The minimum Gasteiger partial charge on any atom is -0.388 e. The number of hydrogen-bond acceptors (Lipinski definition) is 1. The van der Waals surface area contributed by atoms with Crippen LogP contribution in [0.15, 0.2) is 24.3 Å². The Hall–Kier alpha value is -0.820. The van der Waals surface area contributed by atoms with Crippen LogP contribution in [0, 0.1) is 11.8 Å². The number of hydrogen-bond donors (Lipinski definition) is 1. The summed E-state index contributed by atoms with van der Waals surface area (Å²) < 4.78 is 0. The van der Waals surface area contributed by atoms with Crippen molar-refractivity contribution in [3.8, 4) is 0 Å². The van der Waals surface area contributed by atoms with Crippen LogP contribution in [-0.2, 0) is 0 Å². The Kier molecular flexibility index (Phi) is 2.51. The van der Waals surface area contributed by atoms with Crippen LogP contribution in [0.1, 0.15) is 55.8 Å². The van der Waals surface area contributed by atoms with Gasteiger partial charge in [0, 0.05) is 0 Å². The lowest BCUT2D eigenvalue weighted by atomic mass is 9.77. The standard InChI is InChI=1S/C15H20O/c1-10-9-14(10)15(16)13-8-3-2-7-12(13)11-5-4-6-11/h2-3,7-8,10-11,14-16H,4-6,9H2,1H3. The first-order chi connectivity index (χ1) is 7.77. The fraction of sp³-hybridized carbons (Fsp3) is 0.600. The molecule has 2 saturated carbocycles. The van der Waals surface area contributed by atoms with Crippen LogP contribution in [0.25, 0.3) is 0 Å². The molecule has 16 heavy (non-hydrogen) atoms. The van der Waals surface area contributed by atoms with Crippen molar-refractivity contribution in [2.75, 3.05) is 0 Å². The Morgan fingerprint density at radius 3 is 2.50 bits per heavy atom. The van der Waals surface area contributed by atoms with Gasteiger partial charge in [-0.3, -0.25) is 0 Å². The first kappa shape index (κ1) is 10.3. The van der Waals surface area contributed by atoms with Crippen molar-refractivity contribution >= 4 is 0 Å². The van der Waals surface area contributed by atoms with E-state index in [1.165, 1.54) is 36.8 Å². The zero-order chi connectivity index (χ0) is 11.1. The molecule has 2 aliphatic carbocycles. The molecular formula is C15H20O. The Balaban J connectivity index is 1.87. The average molecular weight is 216 g/mol. The van der Waals surface area contributed by atoms with Gasteiger partial charge in [0.1, 0.15) is 0 Å². The molecule has 1 heteroatoms. The van der Waals surface area contributed by atoms with Crippen LogP contribution in [0.5, 0.6) is 0 Å². The fourth-order valence-corrected chi connectivity index (χ4v) is 2.89. The van der Waals surface area contributed by atoms with Gasteiger partial charge in [0.05, 0.1) is 6.10 Å². The summed E-state index contributed by atoms with van der Waals surface area (Å²) in [6.07, 6.45) is 4.95. The summed E-state index contributed by atoms with van der Waals surface area (Å²) in [4.78, 5) is 0. The van der Waals surface area contributed by atoms with E-state index in [0.29, 0.717) is 11.8 Å². The van der Waals surface area contributed by atoms with E-state index < -0.39 is 0 Å². The summed E-state index contributed by atoms with van der Waals surface area (Å²) in [6, 6.07) is 8.52. The molecule has 1 N–H and O–H groups in total. The van der Waals surface area contributed by atoms with E-state index in [9.17, 15) is 5.11 Å². The van der Waals surface area contributed by atoms with Crippen LogP contribution in [-0.4, -0.2) is 5.11 Å². The Labute approximate surface area is 97.5 Å². The summed E-state index contributed by atoms with van der Waals surface area (Å²) in [7, 11) is 0. The highest BCUT2D eigenvalue weighted by Crippen LogP contribution is 2.49. The maximum absolute atomic E-state index is 10.4. The quantitative estimate of drug-likeness (QED) is 0.817. The first-order valence-corrected chi connectivity index (χ1v) is 6.54. The molecule has 0 aliphatic heterocycles. The van der Waals surface area contributed by atoms with Gasteiger partial charge in [-0.25, -0.2) is 0 Å². The van der Waals surface area contributed by atoms with Crippen molar-refractivity contribution < 1.29 is 5.11 Å². The average Bonchev–Trinajstić information content (AvgIpc) is 2.93. The molecule has 1 aromatic rings. The molecule has 3 atom stereocenters. The second-order valence-corrected chi connectivity index (χ2v) is 5.58. The summed E-state index contributed by atoms with van der Waals surface area (Å²) in [5.41, 5.74) is 2.63. The third-order valence-electron chi connectivity index (χ3n) is 4.44. The molecule has 86 valence electrons. The highest BCUT2D eigenvalue weighted by molar-refractivity contribution is 5.34. The summed E-state index contributed by atoms with van der Waals surface area (Å²) in [5.74, 6) is 1.95. The highest BCUT2D eigenvalue weighted by Gasteiger charge is 2.40. The molecule has 0 amide bonds. The van der Waals surface area contributed by atoms with Crippen molar-refractivity contribution in [2.24, 2.45) is 11.8 Å². The number of rotatable bonds is 3. The van der Waals surface area contributed by atoms with Gasteiger partial charge in [-0.2, -0.15) is 0 Å². The molecule has 2 aliphatic rings. The number of aliphatic hydroxyl groups excluding tert-OH is 1. The summed E-state index contributed by atoms with van der Waals surface area (Å²) in [6.45, 7) is 2.24. The molecule has 3 unspecified atom stereocenters. The first-order valence-electron chi connectivity index (χ1n) is 6.54. The largest absolute Gasteiger partial charge is 0.388 e. The van der Waals surface area contributed by atoms with Crippen molar-refractivity contribution in [3.63, 3.8) is 0 Å². The molecule has 0 bridgehead atoms. The van der Waals surface area contributed by atoms with Gasteiger partial charge in [-0.1, -0.05) is 37.6 Å². The van der Waals surface area contributed by atoms with Gasteiger partial charge < -0.3 is 5.11 Å². The van der Waals surface area contributed by atoms with Crippen LogP contribution in [0.2, 0.25) is 0 Å². The molecule has 0 heterocycles. The molecule has 0 radical (unpaired) electrons. The Bertz CT molecular complexity index is 381. The molecule has 1 nitrogen and oxygen atoms in total. The van der Waals surface area contributed by atoms with E-state index in [-0.39, 0.29) is 6.10 Å². The van der Waals surface area contributed by atoms with Gasteiger partial charge in [-0.15, -0.1) is 0 Å². The fourth-order valence-electron chi connectivity index (χ4n) is 2.89. The van der Waals surface area contributed by atoms with E-state index in [1.807, 2.05) is 0 Å². The summed E-state index contributed by atoms with van der Waals surface area (Å²) in [5, 5.41) is 10.4. The lowest BCUT2D eigenvalue weighted by Gasteiger charge is -2.29. The lowest BCUT2D eigenvalue weighted by molar-refractivity contribution is 0.146. The van der Waals surface area contributed by atoms with Gasteiger partial charge in [0.25, 0.3) is 0 Å². The third-order valence-corrected chi connectivity index (χ3v) is 4.44. The third kappa shape index (κ3) is 1.67. The predicted molar refractivity (Wildman–Crippen MR) is 65.3 cm³/mol. The zero-order valence-electron chi connectivity index (χ0n) is 9.89. The van der Waals surface area contributed by atoms with Crippen molar-refractivity contribution in [1.29, 1.82) is 0 Å². The van der Waals surface area contributed by atoms with E-state index >= 15 is 0 Å². The normalized spacial score (nSPS) is 30.9. The van der Waals surface area contributed by atoms with Gasteiger partial charge in [-0.05, 0) is 48.1 Å². The second kappa shape index (κ2) is 3.89. The maximum atomic E-state index is 10.4. The zero-order valence-corrected chi connectivity index (χ0v) is 9.89. The van der Waals surface area contributed by atoms with Crippen molar-refractivity contribution in [1.82, 2.24) is 0 Å². The monoisotopic (exact) mass is 216 g/mol. The van der Waals surface area contributed by atoms with Crippen LogP contribution >= 0.6 is 0 Å². The maximum Gasteiger partial charge on any atom is 0.0823 e. The van der Waals surface area contributed by atoms with Crippen LogP contribution < -0.4 is 0 Å². The van der Waals surface area contributed by atoms with Gasteiger partial charge in [0.15, 0.2) is 0 Å². The molecular weight excluding hydrogens is 196 g/mol. The smallest absolute Gasteiger partial charge is 0.0823 e. The van der Waals surface area contributed by atoms with Gasteiger partial charge in [0.2, 0.25) is 0 Å². The van der Waals surface area contributed by atoms with Crippen molar-refractivity contribution in [3.05, 3.63) is 35.4 Å². The molecule has 0 spiro atoms. The Morgan fingerprint density at radius 1 is 1.25 bits per heavy atom. The molecule has 1 aromatic carbocycles. The predicted octanol–water partition coefficient (Wildman–Crippen LogP) is 3.64. The van der Waals surface area contributed by atoms with Crippen molar-refractivity contribution in [2.45, 2.75) is 44.6 Å². The minimum atomic E-state index is -0.216. The molecule has 0 saturated heterocycles. The topological polar surface area (TPSA) is 20.2 Å². The minimum absolute atomic E-state index is 0.216. The lowest BCUT2D eigenvalue weighted by Crippen LogP contribution is -2.14. The van der Waals surface area contributed by atoms with E-state index in [0.717, 1.165) is 5.92 Å². The highest BCUT2D eigenvalue weighted by atomic mass is 16.3. The van der Waals surface area contributed by atoms with Crippen LogP contribution in [0.4, 0.5) is 0 Å². The van der Waals surface area contributed by atoms with Crippen LogP contribution in [0.3, 0.4) is 0 Å². The van der Waals surface area contributed by atoms with E-state index in [4.69, 9.17) is 0 Å². The molecule has 3 rings (SSSR count).